The molecule has 0 spiro atoms. The number of hydrogen-bond acceptors (Lipinski definition) is 4. The lowest BCUT2D eigenvalue weighted by Gasteiger charge is -2.17. The van der Waals surface area contributed by atoms with Crippen LogP contribution in [0.3, 0.4) is 0 Å². The molecule has 0 aromatic heterocycles. The summed E-state index contributed by atoms with van der Waals surface area (Å²) in [6.07, 6.45) is 0.116. The van der Waals surface area contributed by atoms with Gasteiger partial charge < -0.3 is 14.8 Å². The highest BCUT2D eigenvalue weighted by Crippen LogP contribution is 2.17. The second kappa shape index (κ2) is 8.10. The third-order valence-corrected chi connectivity index (χ3v) is 3.47. The summed E-state index contributed by atoms with van der Waals surface area (Å²) in [4.78, 5) is 24.4. The monoisotopic (exact) mass is 331 g/mol. The first-order chi connectivity index (χ1) is 11.5. The summed E-state index contributed by atoms with van der Waals surface area (Å²) in [5.41, 5.74) is 0.874. The fourth-order valence-electron chi connectivity index (χ4n) is 2.30. The molecule has 0 aliphatic carbocycles. The van der Waals surface area contributed by atoms with Crippen molar-refractivity contribution in [3.63, 3.8) is 0 Å². The molecule has 0 radical (unpaired) electrons. The van der Waals surface area contributed by atoms with Crippen molar-refractivity contribution >= 4 is 11.9 Å². The van der Waals surface area contributed by atoms with Crippen molar-refractivity contribution in [2.45, 2.75) is 12.5 Å². The van der Waals surface area contributed by atoms with E-state index in [9.17, 15) is 14.0 Å². The Balaban J connectivity index is 2.19. The van der Waals surface area contributed by atoms with Gasteiger partial charge in [-0.2, -0.15) is 0 Å². The van der Waals surface area contributed by atoms with Crippen molar-refractivity contribution in [3.05, 3.63) is 65.5 Å². The molecule has 5 nitrogen and oxygen atoms in total. The Hall–Kier alpha value is -2.89. The van der Waals surface area contributed by atoms with E-state index in [-0.39, 0.29) is 6.42 Å². The lowest BCUT2D eigenvalue weighted by Crippen LogP contribution is -2.43. The number of benzene rings is 2. The van der Waals surface area contributed by atoms with Crippen LogP contribution in [0.4, 0.5) is 4.39 Å². The van der Waals surface area contributed by atoms with Crippen LogP contribution in [0.5, 0.6) is 5.75 Å². The number of amides is 1. The van der Waals surface area contributed by atoms with Crippen molar-refractivity contribution in [2.75, 3.05) is 14.2 Å². The first kappa shape index (κ1) is 17.5. The van der Waals surface area contributed by atoms with Gasteiger partial charge in [0.2, 0.25) is 0 Å². The molecular formula is C18H18FNO4. The zero-order chi connectivity index (χ0) is 17.5. The van der Waals surface area contributed by atoms with Crippen LogP contribution in [0.25, 0.3) is 0 Å². The van der Waals surface area contributed by atoms with E-state index in [1.807, 2.05) is 0 Å². The van der Waals surface area contributed by atoms with Crippen molar-refractivity contribution in [2.24, 2.45) is 0 Å². The van der Waals surface area contributed by atoms with E-state index in [1.165, 1.54) is 26.4 Å². The van der Waals surface area contributed by atoms with E-state index >= 15 is 0 Å². The summed E-state index contributed by atoms with van der Waals surface area (Å²) >= 11 is 0. The minimum absolute atomic E-state index is 0.116. The number of methoxy groups -OCH3 is 2. The number of esters is 1. The molecule has 0 aliphatic heterocycles. The van der Waals surface area contributed by atoms with Crippen LogP contribution in [-0.2, 0) is 16.0 Å². The van der Waals surface area contributed by atoms with Gasteiger partial charge in [0.1, 0.15) is 17.6 Å². The van der Waals surface area contributed by atoms with Gasteiger partial charge in [0.05, 0.1) is 19.8 Å². The fourth-order valence-corrected chi connectivity index (χ4v) is 2.30. The summed E-state index contributed by atoms with van der Waals surface area (Å²) in [5, 5.41) is 2.61. The lowest BCUT2D eigenvalue weighted by molar-refractivity contribution is -0.142. The normalized spacial score (nSPS) is 11.5. The lowest BCUT2D eigenvalue weighted by atomic mass is 10.0. The van der Waals surface area contributed by atoms with Gasteiger partial charge in [-0.1, -0.05) is 24.3 Å². The smallest absolute Gasteiger partial charge is 0.328 e. The predicted octanol–water partition coefficient (Wildman–Crippen LogP) is 2.35. The quantitative estimate of drug-likeness (QED) is 0.825. The molecule has 1 amide bonds. The molecule has 0 bridgehead atoms. The summed E-state index contributed by atoms with van der Waals surface area (Å²) in [5.74, 6) is -1.10. The van der Waals surface area contributed by atoms with Crippen molar-refractivity contribution in [1.29, 1.82) is 0 Å². The maximum absolute atomic E-state index is 13.3. The van der Waals surface area contributed by atoms with E-state index < -0.39 is 23.7 Å². The van der Waals surface area contributed by atoms with Gasteiger partial charge in [-0.25, -0.2) is 9.18 Å². The van der Waals surface area contributed by atoms with Gasteiger partial charge in [0.15, 0.2) is 0 Å². The molecule has 2 rings (SSSR count). The molecular weight excluding hydrogens is 313 g/mol. The topological polar surface area (TPSA) is 64.6 Å². The van der Waals surface area contributed by atoms with Gasteiger partial charge >= 0.3 is 5.97 Å². The van der Waals surface area contributed by atoms with E-state index in [0.717, 1.165) is 0 Å². The van der Waals surface area contributed by atoms with E-state index in [0.29, 0.717) is 16.9 Å². The number of rotatable bonds is 6. The van der Waals surface area contributed by atoms with Crippen molar-refractivity contribution in [3.8, 4) is 5.75 Å². The number of carbonyl (C=O) groups excluding carboxylic acids is 2. The molecule has 0 saturated carbocycles. The van der Waals surface area contributed by atoms with Crippen LogP contribution in [0, 0.1) is 5.82 Å². The second-order valence-corrected chi connectivity index (χ2v) is 5.08. The molecule has 2 aromatic rings. The third-order valence-electron chi connectivity index (χ3n) is 3.47. The molecule has 1 atom stereocenters. The van der Waals surface area contributed by atoms with Crippen LogP contribution in [0.15, 0.2) is 48.5 Å². The average molecular weight is 331 g/mol. The van der Waals surface area contributed by atoms with E-state index in [2.05, 4.69) is 5.32 Å². The summed E-state index contributed by atoms with van der Waals surface area (Å²) in [6.45, 7) is 0. The van der Waals surface area contributed by atoms with E-state index in [4.69, 9.17) is 9.47 Å². The highest BCUT2D eigenvalue weighted by atomic mass is 19.1. The van der Waals surface area contributed by atoms with Gasteiger partial charge in [-0.3, -0.25) is 4.79 Å². The predicted molar refractivity (Wildman–Crippen MR) is 86.4 cm³/mol. The third kappa shape index (κ3) is 4.32. The van der Waals surface area contributed by atoms with Gasteiger partial charge in [-0.05, 0) is 29.8 Å². The first-order valence-electron chi connectivity index (χ1n) is 7.31. The molecule has 0 heterocycles. The SMILES string of the molecule is COC(=O)[C@@H](Cc1cccc(F)c1)NC(=O)c1ccccc1OC. The summed E-state index contributed by atoms with van der Waals surface area (Å²) < 4.78 is 23.2. The zero-order valence-electron chi connectivity index (χ0n) is 13.4. The number of ether oxygens (including phenoxy) is 2. The number of hydrogen-bond donors (Lipinski definition) is 1. The van der Waals surface area contributed by atoms with Crippen LogP contribution in [-0.4, -0.2) is 32.1 Å². The Labute approximate surface area is 139 Å². The molecule has 1 N–H and O–H groups in total. The summed E-state index contributed by atoms with van der Waals surface area (Å²) in [7, 11) is 2.69. The van der Waals surface area contributed by atoms with Gasteiger partial charge in [0.25, 0.3) is 5.91 Å². The van der Waals surface area contributed by atoms with Crippen molar-refractivity contribution < 1.29 is 23.5 Å². The number of para-hydroxylation sites is 1. The van der Waals surface area contributed by atoms with Crippen LogP contribution in [0.2, 0.25) is 0 Å². The summed E-state index contributed by atoms with van der Waals surface area (Å²) in [6, 6.07) is 11.6. The molecule has 24 heavy (non-hydrogen) atoms. The van der Waals surface area contributed by atoms with Crippen LogP contribution in [0.1, 0.15) is 15.9 Å². The zero-order valence-corrected chi connectivity index (χ0v) is 13.4. The average Bonchev–Trinajstić information content (AvgIpc) is 2.60. The van der Waals surface area contributed by atoms with Crippen LogP contribution < -0.4 is 10.1 Å². The Morgan fingerprint density at radius 3 is 2.54 bits per heavy atom. The molecule has 126 valence electrons. The maximum atomic E-state index is 13.3. The van der Waals surface area contributed by atoms with Crippen molar-refractivity contribution in [1.82, 2.24) is 5.32 Å². The van der Waals surface area contributed by atoms with Gasteiger partial charge in [-0.15, -0.1) is 0 Å². The van der Waals surface area contributed by atoms with E-state index in [1.54, 1.807) is 36.4 Å². The number of halogens is 1. The molecule has 0 aliphatic rings. The Morgan fingerprint density at radius 2 is 1.88 bits per heavy atom. The molecule has 2 aromatic carbocycles. The Kier molecular flexibility index (Phi) is 5.89. The fraction of sp³-hybridized carbons (Fsp3) is 0.222. The number of carbonyl (C=O) groups is 2. The standard InChI is InChI=1S/C18H18FNO4/c1-23-16-9-4-3-8-14(16)17(21)20-15(18(22)24-2)11-12-6-5-7-13(19)10-12/h3-10,15H,11H2,1-2H3,(H,20,21)/t15-/m1/s1. The first-order valence-corrected chi connectivity index (χ1v) is 7.31. The molecule has 0 saturated heterocycles. The minimum atomic E-state index is -0.936. The largest absolute Gasteiger partial charge is 0.496 e. The minimum Gasteiger partial charge on any atom is -0.496 e. The molecule has 6 heteroatoms. The van der Waals surface area contributed by atoms with Crippen LogP contribution >= 0.6 is 0 Å². The maximum Gasteiger partial charge on any atom is 0.328 e. The number of nitrogens with one attached hydrogen (secondary N) is 1. The Bertz CT molecular complexity index is 732. The molecule has 0 fully saturated rings. The molecule has 0 unspecified atom stereocenters. The van der Waals surface area contributed by atoms with Gasteiger partial charge in [0, 0.05) is 6.42 Å². The highest BCUT2D eigenvalue weighted by molar-refractivity contribution is 5.99. The second-order valence-electron chi connectivity index (χ2n) is 5.08. The Morgan fingerprint density at radius 1 is 1.12 bits per heavy atom. The highest BCUT2D eigenvalue weighted by Gasteiger charge is 2.24.